The highest BCUT2D eigenvalue weighted by Gasteiger charge is 2.43. The molecule has 0 bridgehead atoms. The van der Waals surface area contributed by atoms with Gasteiger partial charge in [0.05, 0.1) is 6.16 Å². The van der Waals surface area contributed by atoms with E-state index in [9.17, 15) is 0 Å². The van der Waals surface area contributed by atoms with Crippen molar-refractivity contribution in [2.24, 2.45) is 5.73 Å². The Balaban J connectivity index is 2.24. The zero-order valence-electron chi connectivity index (χ0n) is 13.5. The fraction of sp³-hybridized carbons (Fsp3) is 0.143. The van der Waals surface area contributed by atoms with E-state index in [0.29, 0.717) is 6.54 Å². The maximum Gasteiger partial charge on any atom is 0.111 e. The highest BCUT2D eigenvalue weighted by atomic mass is 31.2. The summed E-state index contributed by atoms with van der Waals surface area (Å²) < 4.78 is 0. The molecule has 0 aliphatic heterocycles. The number of nitrogens with two attached hydrogens (primary N) is 1. The topological polar surface area (TPSA) is 26.0 Å². The summed E-state index contributed by atoms with van der Waals surface area (Å²) in [6, 6.07) is 30.8. The minimum Gasteiger partial charge on any atom is -0.326 e. The largest absolute Gasteiger partial charge is 0.326 e. The van der Waals surface area contributed by atoms with Crippen molar-refractivity contribution < 1.29 is 0 Å². The number of benzene rings is 3. The van der Waals surface area contributed by atoms with Crippen molar-refractivity contribution in [2.45, 2.75) is 13.5 Å². The molecule has 0 aromatic heterocycles. The Morgan fingerprint density at radius 3 is 1.48 bits per heavy atom. The molecule has 1 nitrogen and oxygen atoms in total. The second kappa shape index (κ2) is 7.08. The van der Waals surface area contributed by atoms with Crippen LogP contribution in [0.5, 0.6) is 0 Å². The first-order chi connectivity index (χ1) is 11.3. The van der Waals surface area contributed by atoms with E-state index >= 15 is 0 Å². The van der Waals surface area contributed by atoms with Gasteiger partial charge in [-0.2, -0.15) is 0 Å². The Kier molecular flexibility index (Phi) is 4.91. The summed E-state index contributed by atoms with van der Waals surface area (Å²) in [7, 11) is -1.61. The lowest BCUT2D eigenvalue weighted by atomic mass is 10.2. The highest BCUT2D eigenvalue weighted by Crippen LogP contribution is 2.54. The molecule has 0 radical (unpaired) electrons. The Morgan fingerprint density at radius 1 is 0.652 bits per heavy atom. The smallest absolute Gasteiger partial charge is 0.111 e. The molecular weight excluding hydrogens is 297 g/mol. The van der Waals surface area contributed by atoms with Crippen LogP contribution in [0.25, 0.3) is 0 Å². The van der Waals surface area contributed by atoms with Crippen molar-refractivity contribution in [3.63, 3.8) is 0 Å². The fourth-order valence-corrected chi connectivity index (χ4v) is 7.26. The van der Waals surface area contributed by atoms with Crippen LogP contribution < -0.4 is 21.6 Å². The molecule has 3 rings (SSSR count). The summed E-state index contributed by atoms with van der Waals surface area (Å²) in [4.78, 5) is 0. The molecular formula is C21H23NP+. The van der Waals surface area contributed by atoms with Crippen molar-refractivity contribution in [1.82, 2.24) is 0 Å². The lowest BCUT2D eigenvalue weighted by molar-refractivity contribution is 1.07. The standard InChI is InChI=1S/C21H23NP/c1-2-23(19-9-5-3-6-10-19,20-11-7-4-8-12-20)21-15-13-18(17-22)14-16-21/h3-16H,2,17,22H2,1H3/q+1. The molecule has 3 aromatic carbocycles. The van der Waals surface area contributed by atoms with Crippen molar-refractivity contribution in [3.05, 3.63) is 90.5 Å². The summed E-state index contributed by atoms with van der Waals surface area (Å²) in [5.74, 6) is 0. The van der Waals surface area contributed by atoms with Gasteiger partial charge in [-0.15, -0.1) is 0 Å². The van der Waals surface area contributed by atoms with Crippen LogP contribution in [0.2, 0.25) is 0 Å². The van der Waals surface area contributed by atoms with Crippen molar-refractivity contribution in [3.8, 4) is 0 Å². The van der Waals surface area contributed by atoms with E-state index in [1.165, 1.54) is 21.5 Å². The van der Waals surface area contributed by atoms with Gasteiger partial charge >= 0.3 is 0 Å². The third-order valence-corrected chi connectivity index (χ3v) is 8.97. The molecule has 0 saturated heterocycles. The lowest BCUT2D eigenvalue weighted by Crippen LogP contribution is -2.32. The van der Waals surface area contributed by atoms with Crippen molar-refractivity contribution >= 4 is 23.2 Å². The summed E-state index contributed by atoms with van der Waals surface area (Å²) in [6.45, 7) is 2.90. The average Bonchev–Trinajstić information content (AvgIpc) is 2.65. The van der Waals surface area contributed by atoms with Gasteiger partial charge in [-0.05, 0) is 48.9 Å². The maximum atomic E-state index is 5.77. The lowest BCUT2D eigenvalue weighted by Gasteiger charge is -2.26. The van der Waals surface area contributed by atoms with Gasteiger partial charge in [-0.1, -0.05) is 48.5 Å². The van der Waals surface area contributed by atoms with Crippen LogP contribution in [0.3, 0.4) is 0 Å². The number of hydrogen-bond acceptors (Lipinski definition) is 1. The second-order valence-electron chi connectivity index (χ2n) is 5.67. The van der Waals surface area contributed by atoms with Gasteiger partial charge in [0.15, 0.2) is 0 Å². The molecule has 3 aromatic rings. The van der Waals surface area contributed by atoms with Crippen LogP contribution in [0.4, 0.5) is 0 Å². The van der Waals surface area contributed by atoms with Gasteiger partial charge in [0.25, 0.3) is 0 Å². The Labute approximate surface area is 139 Å². The fourth-order valence-electron chi connectivity index (χ4n) is 3.25. The van der Waals surface area contributed by atoms with Crippen LogP contribution >= 0.6 is 7.26 Å². The summed E-state index contributed by atoms with van der Waals surface area (Å²) in [6.07, 6.45) is 1.11. The molecule has 2 heteroatoms. The predicted molar refractivity (Wildman–Crippen MR) is 104 cm³/mol. The molecule has 0 aliphatic rings. The highest BCUT2D eigenvalue weighted by molar-refractivity contribution is 7.95. The van der Waals surface area contributed by atoms with Gasteiger partial charge in [-0.25, -0.2) is 0 Å². The maximum absolute atomic E-state index is 5.77. The third-order valence-electron chi connectivity index (χ3n) is 4.48. The van der Waals surface area contributed by atoms with Crippen molar-refractivity contribution in [2.75, 3.05) is 6.16 Å². The SMILES string of the molecule is CC[P+](c1ccccc1)(c1ccccc1)c1ccc(CN)cc1. The van der Waals surface area contributed by atoms with E-state index < -0.39 is 7.26 Å². The van der Waals surface area contributed by atoms with Gasteiger partial charge in [0, 0.05) is 6.54 Å². The molecule has 0 heterocycles. The molecule has 116 valence electrons. The van der Waals surface area contributed by atoms with Gasteiger partial charge in [-0.3, -0.25) is 0 Å². The number of hydrogen-bond donors (Lipinski definition) is 1. The normalized spacial score (nSPS) is 11.4. The molecule has 0 aliphatic carbocycles. The second-order valence-corrected chi connectivity index (χ2v) is 9.47. The molecule has 0 amide bonds. The Hall–Kier alpha value is -1.95. The third kappa shape index (κ3) is 2.95. The van der Waals surface area contributed by atoms with Crippen LogP contribution in [-0.4, -0.2) is 6.16 Å². The minimum atomic E-state index is -1.61. The molecule has 0 atom stereocenters. The summed E-state index contributed by atoms with van der Waals surface area (Å²) >= 11 is 0. The zero-order chi connectivity index (χ0) is 16.1. The van der Waals surface area contributed by atoms with Crippen LogP contribution in [-0.2, 0) is 6.54 Å². The van der Waals surface area contributed by atoms with Gasteiger partial charge in [0.1, 0.15) is 23.2 Å². The quantitative estimate of drug-likeness (QED) is 0.716. The molecule has 0 spiro atoms. The van der Waals surface area contributed by atoms with E-state index in [4.69, 9.17) is 5.73 Å². The molecule has 0 fully saturated rings. The molecule has 0 unspecified atom stereocenters. The van der Waals surface area contributed by atoms with Gasteiger partial charge < -0.3 is 5.73 Å². The molecule has 2 N–H and O–H groups in total. The first-order valence-corrected chi connectivity index (χ1v) is 10.1. The van der Waals surface area contributed by atoms with E-state index in [-0.39, 0.29) is 0 Å². The van der Waals surface area contributed by atoms with E-state index in [2.05, 4.69) is 91.9 Å². The van der Waals surface area contributed by atoms with E-state index in [1.54, 1.807) is 0 Å². The van der Waals surface area contributed by atoms with E-state index in [1.807, 2.05) is 0 Å². The van der Waals surface area contributed by atoms with Crippen LogP contribution in [0, 0.1) is 0 Å². The van der Waals surface area contributed by atoms with Crippen LogP contribution in [0.1, 0.15) is 12.5 Å². The Morgan fingerprint density at radius 2 is 1.09 bits per heavy atom. The summed E-state index contributed by atoms with van der Waals surface area (Å²) in [5.41, 5.74) is 6.96. The first kappa shape index (κ1) is 15.9. The van der Waals surface area contributed by atoms with Crippen molar-refractivity contribution in [1.29, 1.82) is 0 Å². The Bertz CT molecular complexity index is 696. The molecule has 23 heavy (non-hydrogen) atoms. The average molecular weight is 320 g/mol. The monoisotopic (exact) mass is 320 g/mol. The number of rotatable bonds is 5. The first-order valence-electron chi connectivity index (χ1n) is 8.10. The van der Waals surface area contributed by atoms with E-state index in [0.717, 1.165) is 6.16 Å². The minimum absolute atomic E-state index is 0.592. The van der Waals surface area contributed by atoms with Crippen LogP contribution in [0.15, 0.2) is 84.9 Å². The molecule has 0 saturated carbocycles. The predicted octanol–water partition coefficient (Wildman–Crippen LogP) is 3.46. The zero-order valence-corrected chi connectivity index (χ0v) is 14.4. The summed E-state index contributed by atoms with van der Waals surface area (Å²) in [5, 5.41) is 4.30. The van der Waals surface area contributed by atoms with Gasteiger partial charge in [0.2, 0.25) is 0 Å².